The van der Waals surface area contributed by atoms with Crippen LogP contribution in [0.3, 0.4) is 0 Å². The lowest BCUT2D eigenvalue weighted by molar-refractivity contribution is -0.136. The van der Waals surface area contributed by atoms with Gasteiger partial charge in [0.1, 0.15) is 0 Å². The number of methoxy groups -OCH3 is 1. The number of carboxylic acid groups (broad SMARTS) is 1. The molecule has 1 N–H and O–H groups in total. The van der Waals surface area contributed by atoms with Gasteiger partial charge in [-0.1, -0.05) is 13.3 Å². The van der Waals surface area contributed by atoms with E-state index >= 15 is 0 Å². The summed E-state index contributed by atoms with van der Waals surface area (Å²) in [7, 11) is -2.06. The summed E-state index contributed by atoms with van der Waals surface area (Å²) < 4.78 is 27.9. The van der Waals surface area contributed by atoms with Crippen molar-refractivity contribution in [1.82, 2.24) is 0 Å². The van der Waals surface area contributed by atoms with Crippen LogP contribution in [0.2, 0.25) is 0 Å². The molecule has 1 unspecified atom stereocenters. The maximum Gasteiger partial charge on any atom is 0.321 e. The highest BCUT2D eigenvalue weighted by molar-refractivity contribution is 7.92. The molecule has 5 nitrogen and oxygen atoms in total. The molecule has 0 aliphatic carbocycles. The van der Waals surface area contributed by atoms with Gasteiger partial charge in [-0.3, -0.25) is 4.79 Å². The predicted octanol–water partition coefficient (Wildman–Crippen LogP) is 0.691. The van der Waals surface area contributed by atoms with E-state index in [0.717, 1.165) is 0 Å². The van der Waals surface area contributed by atoms with Gasteiger partial charge in [-0.15, -0.1) is 0 Å². The SMILES string of the molecule is CCCC(C(=O)O)S(=O)(=O)CCCOC. The van der Waals surface area contributed by atoms with Crippen LogP contribution < -0.4 is 0 Å². The summed E-state index contributed by atoms with van der Waals surface area (Å²) in [5.74, 6) is -1.38. The van der Waals surface area contributed by atoms with Crippen LogP contribution in [0.15, 0.2) is 0 Å². The van der Waals surface area contributed by atoms with Crippen molar-refractivity contribution in [2.75, 3.05) is 19.5 Å². The van der Waals surface area contributed by atoms with Crippen molar-refractivity contribution in [2.45, 2.75) is 31.4 Å². The summed E-state index contributed by atoms with van der Waals surface area (Å²) in [6, 6.07) is 0. The number of sulfone groups is 1. The molecule has 0 saturated carbocycles. The number of carboxylic acids is 1. The molecule has 0 amide bonds. The van der Waals surface area contributed by atoms with Gasteiger partial charge in [0.15, 0.2) is 15.1 Å². The van der Waals surface area contributed by atoms with Gasteiger partial charge in [0.2, 0.25) is 0 Å². The molecule has 0 saturated heterocycles. The number of hydrogen-bond acceptors (Lipinski definition) is 4. The molecule has 0 spiro atoms. The summed E-state index contributed by atoms with van der Waals surface area (Å²) in [5.41, 5.74) is 0. The molecule has 0 heterocycles. The second-order valence-electron chi connectivity index (χ2n) is 3.33. The third-order valence-electron chi connectivity index (χ3n) is 2.04. The molecule has 0 radical (unpaired) electrons. The van der Waals surface area contributed by atoms with E-state index in [2.05, 4.69) is 0 Å². The third kappa shape index (κ3) is 5.13. The highest BCUT2D eigenvalue weighted by Crippen LogP contribution is 2.11. The maximum absolute atomic E-state index is 11.6. The first-order valence-electron chi connectivity index (χ1n) is 4.89. The minimum atomic E-state index is -3.54. The number of carbonyl (C=O) groups is 1. The third-order valence-corrected chi connectivity index (χ3v) is 4.20. The smallest absolute Gasteiger partial charge is 0.321 e. The Bertz CT molecular complexity index is 283. The van der Waals surface area contributed by atoms with Crippen molar-refractivity contribution in [3.63, 3.8) is 0 Å². The largest absolute Gasteiger partial charge is 0.480 e. The number of ether oxygens (including phenoxy) is 1. The molecule has 1 atom stereocenters. The van der Waals surface area contributed by atoms with E-state index in [0.29, 0.717) is 19.4 Å². The Kier molecular flexibility index (Phi) is 6.51. The highest BCUT2D eigenvalue weighted by Gasteiger charge is 2.30. The van der Waals surface area contributed by atoms with Gasteiger partial charge in [0.25, 0.3) is 0 Å². The zero-order valence-electron chi connectivity index (χ0n) is 9.10. The van der Waals surface area contributed by atoms with Gasteiger partial charge in [-0.25, -0.2) is 8.42 Å². The average molecular weight is 238 g/mol. The predicted molar refractivity (Wildman–Crippen MR) is 56.6 cm³/mol. The Morgan fingerprint density at radius 3 is 2.47 bits per heavy atom. The number of hydrogen-bond donors (Lipinski definition) is 1. The average Bonchev–Trinajstić information content (AvgIpc) is 2.13. The normalized spacial score (nSPS) is 13.7. The van der Waals surface area contributed by atoms with E-state index in [1.165, 1.54) is 7.11 Å². The van der Waals surface area contributed by atoms with Gasteiger partial charge in [-0.05, 0) is 12.8 Å². The molecular formula is C9H18O5S. The van der Waals surface area contributed by atoms with Crippen LogP contribution in [0.5, 0.6) is 0 Å². The fraction of sp³-hybridized carbons (Fsp3) is 0.889. The van der Waals surface area contributed by atoms with Crippen LogP contribution in [-0.4, -0.2) is 44.2 Å². The second-order valence-corrected chi connectivity index (χ2v) is 5.63. The van der Waals surface area contributed by atoms with Gasteiger partial charge >= 0.3 is 5.97 Å². The van der Waals surface area contributed by atoms with Gasteiger partial charge < -0.3 is 9.84 Å². The fourth-order valence-corrected chi connectivity index (χ4v) is 2.97. The molecule has 0 aliphatic heterocycles. The molecule has 15 heavy (non-hydrogen) atoms. The minimum absolute atomic E-state index is 0.127. The van der Waals surface area contributed by atoms with Crippen molar-refractivity contribution in [3.05, 3.63) is 0 Å². The topological polar surface area (TPSA) is 80.7 Å². The molecule has 6 heteroatoms. The van der Waals surface area contributed by atoms with E-state index in [1.54, 1.807) is 6.92 Å². The van der Waals surface area contributed by atoms with E-state index in [-0.39, 0.29) is 12.2 Å². The van der Waals surface area contributed by atoms with E-state index in [4.69, 9.17) is 9.84 Å². The first kappa shape index (κ1) is 14.4. The first-order chi connectivity index (χ1) is 6.95. The molecule has 90 valence electrons. The monoisotopic (exact) mass is 238 g/mol. The zero-order valence-corrected chi connectivity index (χ0v) is 9.92. The number of rotatable bonds is 8. The molecule has 0 aromatic rings. The molecule has 0 rings (SSSR count). The van der Waals surface area contributed by atoms with Crippen LogP contribution >= 0.6 is 0 Å². The lowest BCUT2D eigenvalue weighted by Gasteiger charge is -2.12. The lowest BCUT2D eigenvalue weighted by Crippen LogP contribution is -2.32. The summed E-state index contributed by atoms with van der Waals surface area (Å²) in [4.78, 5) is 10.8. The second kappa shape index (κ2) is 6.79. The van der Waals surface area contributed by atoms with Crippen LogP contribution in [0.4, 0.5) is 0 Å². The molecule has 0 fully saturated rings. The highest BCUT2D eigenvalue weighted by atomic mass is 32.2. The maximum atomic E-state index is 11.6. The van der Waals surface area contributed by atoms with Crippen molar-refractivity contribution < 1.29 is 23.1 Å². The molecule has 0 aromatic carbocycles. The van der Waals surface area contributed by atoms with Crippen molar-refractivity contribution in [2.24, 2.45) is 0 Å². The Balaban J connectivity index is 4.44. The van der Waals surface area contributed by atoms with E-state index < -0.39 is 21.1 Å². The van der Waals surface area contributed by atoms with Crippen LogP contribution in [0.25, 0.3) is 0 Å². The van der Waals surface area contributed by atoms with Gasteiger partial charge in [0, 0.05) is 13.7 Å². The van der Waals surface area contributed by atoms with Crippen LogP contribution in [0.1, 0.15) is 26.2 Å². The Labute approximate surface area is 90.4 Å². The van der Waals surface area contributed by atoms with Crippen molar-refractivity contribution in [1.29, 1.82) is 0 Å². The zero-order chi connectivity index (χ0) is 11.9. The van der Waals surface area contributed by atoms with Gasteiger partial charge in [0.05, 0.1) is 5.75 Å². The van der Waals surface area contributed by atoms with Crippen LogP contribution in [0, 0.1) is 0 Å². The lowest BCUT2D eigenvalue weighted by atomic mass is 10.2. The quantitative estimate of drug-likeness (QED) is 0.629. The first-order valence-corrected chi connectivity index (χ1v) is 6.60. The van der Waals surface area contributed by atoms with E-state index in [1.807, 2.05) is 0 Å². The van der Waals surface area contributed by atoms with E-state index in [9.17, 15) is 13.2 Å². The molecule has 0 aromatic heterocycles. The molecular weight excluding hydrogens is 220 g/mol. The van der Waals surface area contributed by atoms with Gasteiger partial charge in [-0.2, -0.15) is 0 Å². The Morgan fingerprint density at radius 2 is 2.07 bits per heavy atom. The number of aliphatic carboxylic acids is 1. The molecule has 0 aliphatic rings. The standard InChI is InChI=1S/C9H18O5S/c1-3-5-8(9(10)11)15(12,13)7-4-6-14-2/h8H,3-7H2,1-2H3,(H,10,11). The Morgan fingerprint density at radius 1 is 1.47 bits per heavy atom. The molecule has 0 bridgehead atoms. The summed E-state index contributed by atoms with van der Waals surface area (Å²) in [6.45, 7) is 2.10. The fourth-order valence-electron chi connectivity index (χ4n) is 1.27. The Hall–Kier alpha value is -0.620. The summed E-state index contributed by atoms with van der Waals surface area (Å²) in [5, 5.41) is 7.52. The minimum Gasteiger partial charge on any atom is -0.480 e. The van der Waals surface area contributed by atoms with Crippen molar-refractivity contribution >= 4 is 15.8 Å². The van der Waals surface area contributed by atoms with Crippen LogP contribution in [-0.2, 0) is 19.4 Å². The van der Waals surface area contributed by atoms with Crippen molar-refractivity contribution in [3.8, 4) is 0 Å². The summed E-state index contributed by atoms with van der Waals surface area (Å²) in [6.07, 6.45) is 1.05. The summed E-state index contributed by atoms with van der Waals surface area (Å²) >= 11 is 0.